The van der Waals surface area contributed by atoms with Gasteiger partial charge in [0.25, 0.3) is 0 Å². The number of oxime groups is 1. The van der Waals surface area contributed by atoms with E-state index < -0.39 is 0 Å². The van der Waals surface area contributed by atoms with Gasteiger partial charge >= 0.3 is 0 Å². The van der Waals surface area contributed by atoms with Crippen molar-refractivity contribution in [3.05, 3.63) is 35.9 Å². The third kappa shape index (κ3) is 4.36. The molecule has 1 aromatic carbocycles. The second-order valence-electron chi connectivity index (χ2n) is 4.09. The van der Waals surface area contributed by atoms with Gasteiger partial charge in [-0.15, -0.1) is 0 Å². The molecule has 0 fully saturated rings. The van der Waals surface area contributed by atoms with Crippen LogP contribution in [0.4, 0.5) is 0 Å². The molecule has 1 aromatic rings. The Kier molecular flexibility index (Phi) is 5.36. The number of hydrogen-bond acceptors (Lipinski definition) is 4. The van der Waals surface area contributed by atoms with Crippen molar-refractivity contribution >= 4 is 11.4 Å². The van der Waals surface area contributed by atoms with Crippen LogP contribution in [0, 0.1) is 0 Å². The smallest absolute Gasteiger partial charge is 0.102 e. The lowest BCUT2D eigenvalue weighted by atomic mass is 10.1. The molecule has 0 saturated carbocycles. The summed E-state index contributed by atoms with van der Waals surface area (Å²) in [6.07, 6.45) is 0. The van der Waals surface area contributed by atoms with Crippen molar-refractivity contribution in [3.8, 4) is 0 Å². The Balaban J connectivity index is 2.89. The molecule has 0 aliphatic rings. The summed E-state index contributed by atoms with van der Waals surface area (Å²) in [5.74, 6) is 0. The molecule has 0 spiro atoms. The number of rotatable bonds is 5. The number of nitrogens with zero attached hydrogens (tertiary/aromatic N) is 3. The quantitative estimate of drug-likeness (QED) is 0.479. The van der Waals surface area contributed by atoms with E-state index in [2.05, 4.69) is 15.0 Å². The molecule has 0 saturated heterocycles. The van der Waals surface area contributed by atoms with E-state index in [4.69, 9.17) is 5.21 Å². The lowest BCUT2D eigenvalue weighted by Crippen LogP contribution is -2.19. The Morgan fingerprint density at radius 2 is 1.88 bits per heavy atom. The second-order valence-corrected chi connectivity index (χ2v) is 4.09. The van der Waals surface area contributed by atoms with E-state index in [0.29, 0.717) is 12.3 Å². The van der Waals surface area contributed by atoms with Crippen molar-refractivity contribution in [1.82, 2.24) is 4.90 Å². The molecule has 0 heterocycles. The van der Waals surface area contributed by atoms with E-state index >= 15 is 0 Å². The van der Waals surface area contributed by atoms with Gasteiger partial charge in [0, 0.05) is 12.1 Å². The molecule has 0 aliphatic heterocycles. The third-order valence-electron chi connectivity index (χ3n) is 2.36. The van der Waals surface area contributed by atoms with Crippen LogP contribution < -0.4 is 0 Å². The van der Waals surface area contributed by atoms with Gasteiger partial charge in [0.15, 0.2) is 0 Å². The van der Waals surface area contributed by atoms with Crippen molar-refractivity contribution < 1.29 is 5.21 Å². The third-order valence-corrected chi connectivity index (χ3v) is 2.36. The minimum atomic E-state index is 0.537. The van der Waals surface area contributed by atoms with Gasteiger partial charge in [0.2, 0.25) is 0 Å². The van der Waals surface area contributed by atoms with Crippen molar-refractivity contribution in [2.24, 2.45) is 10.1 Å². The standard InChI is InChI=1S/C13H19N3O/c1-11(15-17)13(14-9-10-16(2)3)12-7-5-4-6-8-12/h4-8,17H,9-10H2,1-3H3/b14-13?,15-11+. The summed E-state index contributed by atoms with van der Waals surface area (Å²) >= 11 is 0. The molecule has 4 nitrogen and oxygen atoms in total. The van der Waals surface area contributed by atoms with Crippen molar-refractivity contribution in [1.29, 1.82) is 0 Å². The van der Waals surface area contributed by atoms with E-state index in [1.165, 1.54) is 0 Å². The molecule has 4 heteroatoms. The SMILES string of the molecule is C/C(=N\O)C(=NCCN(C)C)c1ccccc1. The van der Waals surface area contributed by atoms with E-state index in [1.54, 1.807) is 6.92 Å². The zero-order chi connectivity index (χ0) is 12.7. The van der Waals surface area contributed by atoms with Crippen molar-refractivity contribution in [2.75, 3.05) is 27.2 Å². The Hall–Kier alpha value is -1.68. The first-order valence-corrected chi connectivity index (χ1v) is 5.58. The van der Waals surface area contributed by atoms with Gasteiger partial charge in [-0.3, -0.25) is 4.99 Å². The molecule has 0 bridgehead atoms. The number of hydrogen-bond donors (Lipinski definition) is 1. The molecular formula is C13H19N3O. The highest BCUT2D eigenvalue weighted by atomic mass is 16.4. The molecule has 0 atom stereocenters. The summed E-state index contributed by atoms with van der Waals surface area (Å²) < 4.78 is 0. The monoisotopic (exact) mass is 233 g/mol. The first-order chi connectivity index (χ1) is 8.15. The maximum absolute atomic E-state index is 8.87. The lowest BCUT2D eigenvalue weighted by Gasteiger charge is -2.09. The maximum atomic E-state index is 8.87. The topological polar surface area (TPSA) is 48.2 Å². The maximum Gasteiger partial charge on any atom is 0.102 e. The molecule has 0 amide bonds. The van der Waals surface area contributed by atoms with Gasteiger partial charge in [0.1, 0.15) is 5.71 Å². The Labute approximate surface area is 102 Å². The summed E-state index contributed by atoms with van der Waals surface area (Å²) in [5, 5.41) is 12.1. The van der Waals surface area contributed by atoms with Crippen LogP contribution in [0.15, 0.2) is 40.5 Å². The zero-order valence-corrected chi connectivity index (χ0v) is 10.6. The molecule has 0 radical (unpaired) electrons. The first-order valence-electron chi connectivity index (χ1n) is 5.58. The Morgan fingerprint density at radius 1 is 1.24 bits per heavy atom. The van der Waals surface area contributed by atoms with E-state index in [1.807, 2.05) is 44.4 Å². The molecule has 1 N–H and O–H groups in total. The van der Waals surface area contributed by atoms with E-state index in [-0.39, 0.29) is 0 Å². The fourth-order valence-corrected chi connectivity index (χ4v) is 1.42. The normalized spacial score (nSPS) is 13.2. The Bertz CT molecular complexity index is 396. The average Bonchev–Trinajstić information content (AvgIpc) is 2.34. The van der Waals surface area contributed by atoms with Gasteiger partial charge in [-0.05, 0) is 21.0 Å². The van der Waals surface area contributed by atoms with Crippen LogP contribution in [-0.2, 0) is 0 Å². The summed E-state index contributed by atoms with van der Waals surface area (Å²) in [7, 11) is 4.01. The van der Waals surface area contributed by atoms with Crippen LogP contribution in [0.25, 0.3) is 0 Å². The Morgan fingerprint density at radius 3 is 2.41 bits per heavy atom. The number of aliphatic imine (C=N–C) groups is 1. The van der Waals surface area contributed by atoms with Crippen LogP contribution in [0.2, 0.25) is 0 Å². The highest BCUT2D eigenvalue weighted by Gasteiger charge is 2.06. The fourth-order valence-electron chi connectivity index (χ4n) is 1.42. The predicted octanol–water partition coefficient (Wildman–Crippen LogP) is 1.89. The van der Waals surface area contributed by atoms with Gasteiger partial charge < -0.3 is 10.1 Å². The zero-order valence-electron chi connectivity index (χ0n) is 10.6. The largest absolute Gasteiger partial charge is 0.411 e. The van der Waals surface area contributed by atoms with Crippen LogP contribution in [0.5, 0.6) is 0 Å². The lowest BCUT2D eigenvalue weighted by molar-refractivity contribution is 0.320. The van der Waals surface area contributed by atoms with Crippen molar-refractivity contribution in [3.63, 3.8) is 0 Å². The minimum absolute atomic E-state index is 0.537. The van der Waals surface area contributed by atoms with Gasteiger partial charge in [-0.1, -0.05) is 35.5 Å². The second kappa shape index (κ2) is 6.81. The van der Waals surface area contributed by atoms with Gasteiger partial charge in [0.05, 0.1) is 12.3 Å². The molecule has 0 unspecified atom stereocenters. The average molecular weight is 233 g/mol. The van der Waals surface area contributed by atoms with Crippen molar-refractivity contribution in [2.45, 2.75) is 6.92 Å². The summed E-state index contributed by atoms with van der Waals surface area (Å²) in [6.45, 7) is 3.31. The molecular weight excluding hydrogens is 214 g/mol. The summed E-state index contributed by atoms with van der Waals surface area (Å²) in [4.78, 5) is 6.56. The summed E-state index contributed by atoms with van der Waals surface area (Å²) in [5.41, 5.74) is 2.26. The fraction of sp³-hybridized carbons (Fsp3) is 0.385. The van der Waals surface area contributed by atoms with Crippen LogP contribution >= 0.6 is 0 Å². The van der Waals surface area contributed by atoms with Gasteiger partial charge in [-0.2, -0.15) is 0 Å². The highest BCUT2D eigenvalue weighted by molar-refractivity contribution is 6.47. The minimum Gasteiger partial charge on any atom is -0.411 e. The highest BCUT2D eigenvalue weighted by Crippen LogP contribution is 2.03. The van der Waals surface area contributed by atoms with E-state index in [9.17, 15) is 0 Å². The predicted molar refractivity (Wildman–Crippen MR) is 71.3 cm³/mol. The van der Waals surface area contributed by atoms with Crippen LogP contribution in [-0.4, -0.2) is 48.7 Å². The summed E-state index contributed by atoms with van der Waals surface area (Å²) in [6, 6.07) is 9.77. The molecule has 0 aliphatic carbocycles. The van der Waals surface area contributed by atoms with Crippen LogP contribution in [0.3, 0.4) is 0 Å². The van der Waals surface area contributed by atoms with Crippen LogP contribution in [0.1, 0.15) is 12.5 Å². The number of benzene rings is 1. The first kappa shape index (κ1) is 13.4. The molecule has 0 aromatic heterocycles. The van der Waals surface area contributed by atoms with E-state index in [0.717, 1.165) is 17.8 Å². The molecule has 17 heavy (non-hydrogen) atoms. The molecule has 1 rings (SSSR count). The number of likely N-dealkylation sites (N-methyl/N-ethyl adjacent to an activating group) is 1. The molecule has 92 valence electrons. The van der Waals surface area contributed by atoms with Gasteiger partial charge in [-0.25, -0.2) is 0 Å².